The summed E-state index contributed by atoms with van der Waals surface area (Å²) in [5.74, 6) is -0.628. The Hall–Kier alpha value is -1.49. The SMILES string of the molecule is O=C(O)[C@@H]1CCCN1C(=O)CSc1ccc2c(c1)CCC2. The van der Waals surface area contributed by atoms with Crippen LogP contribution in [0.4, 0.5) is 0 Å². The normalized spacial score (nSPS) is 20.6. The smallest absolute Gasteiger partial charge is 0.326 e. The minimum atomic E-state index is -0.886. The van der Waals surface area contributed by atoms with Crippen molar-refractivity contribution in [1.29, 1.82) is 0 Å². The Morgan fingerprint density at radius 1 is 1.24 bits per heavy atom. The fraction of sp³-hybridized carbons (Fsp3) is 0.500. The third-order valence-electron chi connectivity index (χ3n) is 4.29. The standard InChI is InChI=1S/C16H19NO3S/c18-15(17-8-2-5-14(17)16(19)20)10-21-13-7-6-11-3-1-4-12(11)9-13/h6-7,9,14H,1-5,8,10H2,(H,19,20)/t14-/m0/s1. The molecule has 5 heteroatoms. The molecule has 0 aromatic heterocycles. The van der Waals surface area contributed by atoms with E-state index < -0.39 is 12.0 Å². The van der Waals surface area contributed by atoms with Crippen LogP contribution in [0.3, 0.4) is 0 Å². The zero-order valence-corrected chi connectivity index (χ0v) is 12.7. The van der Waals surface area contributed by atoms with Crippen LogP contribution in [0.1, 0.15) is 30.4 Å². The van der Waals surface area contributed by atoms with Gasteiger partial charge in [0, 0.05) is 11.4 Å². The zero-order valence-electron chi connectivity index (χ0n) is 11.9. The second kappa shape index (κ2) is 6.10. The first-order chi connectivity index (χ1) is 10.1. The number of likely N-dealkylation sites (tertiary alicyclic amines) is 1. The number of benzene rings is 1. The predicted molar refractivity (Wildman–Crippen MR) is 81.6 cm³/mol. The number of hydrogen-bond donors (Lipinski definition) is 1. The molecule has 0 unspecified atom stereocenters. The zero-order chi connectivity index (χ0) is 14.8. The van der Waals surface area contributed by atoms with Gasteiger partial charge in [0.1, 0.15) is 6.04 Å². The summed E-state index contributed by atoms with van der Waals surface area (Å²) in [6, 6.07) is 5.78. The van der Waals surface area contributed by atoms with Crippen LogP contribution in [0.5, 0.6) is 0 Å². The summed E-state index contributed by atoms with van der Waals surface area (Å²) in [6.07, 6.45) is 4.87. The number of carboxylic acids is 1. The Bertz CT molecular complexity index is 573. The summed E-state index contributed by atoms with van der Waals surface area (Å²) in [6.45, 7) is 0.570. The molecule has 1 saturated heterocycles. The van der Waals surface area contributed by atoms with Crippen LogP contribution in [0.25, 0.3) is 0 Å². The van der Waals surface area contributed by atoms with Crippen LogP contribution < -0.4 is 0 Å². The number of rotatable bonds is 4. The topological polar surface area (TPSA) is 57.6 Å². The van der Waals surface area contributed by atoms with E-state index in [-0.39, 0.29) is 5.91 Å². The van der Waals surface area contributed by atoms with E-state index in [0.717, 1.165) is 24.2 Å². The van der Waals surface area contributed by atoms with Crippen molar-refractivity contribution in [2.24, 2.45) is 0 Å². The lowest BCUT2D eigenvalue weighted by atomic mass is 10.1. The third-order valence-corrected chi connectivity index (χ3v) is 5.27. The average Bonchev–Trinajstić information content (AvgIpc) is 3.12. The number of carboxylic acid groups (broad SMARTS) is 1. The average molecular weight is 305 g/mol. The van der Waals surface area contributed by atoms with Gasteiger partial charge < -0.3 is 10.0 Å². The fourth-order valence-electron chi connectivity index (χ4n) is 3.19. The van der Waals surface area contributed by atoms with E-state index in [4.69, 9.17) is 5.11 Å². The Labute approximate surface area is 128 Å². The van der Waals surface area contributed by atoms with E-state index in [2.05, 4.69) is 18.2 Å². The van der Waals surface area contributed by atoms with Crippen molar-refractivity contribution < 1.29 is 14.7 Å². The summed E-state index contributed by atoms with van der Waals surface area (Å²) in [7, 11) is 0. The molecule has 1 aromatic rings. The fourth-order valence-corrected chi connectivity index (χ4v) is 4.03. The van der Waals surface area contributed by atoms with Gasteiger partial charge in [0.2, 0.25) is 5.91 Å². The molecule has 1 aromatic carbocycles. The highest BCUT2D eigenvalue weighted by Gasteiger charge is 2.33. The van der Waals surface area contributed by atoms with Crippen molar-refractivity contribution in [3.8, 4) is 0 Å². The quantitative estimate of drug-likeness (QED) is 0.868. The van der Waals surface area contributed by atoms with Crippen molar-refractivity contribution >= 4 is 23.6 Å². The van der Waals surface area contributed by atoms with E-state index >= 15 is 0 Å². The molecule has 21 heavy (non-hydrogen) atoms. The van der Waals surface area contributed by atoms with Crippen molar-refractivity contribution in [2.75, 3.05) is 12.3 Å². The van der Waals surface area contributed by atoms with Gasteiger partial charge in [0.25, 0.3) is 0 Å². The Kier molecular flexibility index (Phi) is 4.19. The largest absolute Gasteiger partial charge is 0.480 e. The number of carbonyl (C=O) groups is 2. The second-order valence-corrected chi connectivity index (χ2v) is 6.70. The molecular formula is C16H19NO3S. The highest BCUT2D eigenvalue weighted by atomic mass is 32.2. The van der Waals surface area contributed by atoms with Crippen molar-refractivity contribution in [3.63, 3.8) is 0 Å². The molecule has 0 saturated carbocycles. The molecular weight excluding hydrogens is 286 g/mol. The van der Waals surface area contributed by atoms with Crippen LogP contribution in [0.2, 0.25) is 0 Å². The van der Waals surface area contributed by atoms with Crippen LogP contribution in [0, 0.1) is 0 Å². The van der Waals surface area contributed by atoms with Gasteiger partial charge in [-0.15, -0.1) is 11.8 Å². The lowest BCUT2D eigenvalue weighted by molar-refractivity contribution is -0.147. The highest BCUT2D eigenvalue weighted by molar-refractivity contribution is 8.00. The first-order valence-corrected chi connectivity index (χ1v) is 8.40. The monoisotopic (exact) mass is 305 g/mol. The van der Waals surface area contributed by atoms with Gasteiger partial charge >= 0.3 is 5.97 Å². The number of carbonyl (C=O) groups excluding carboxylic acids is 1. The van der Waals surface area contributed by atoms with E-state index in [1.165, 1.54) is 34.2 Å². The van der Waals surface area contributed by atoms with Crippen molar-refractivity contribution in [2.45, 2.75) is 43.0 Å². The lowest BCUT2D eigenvalue weighted by Gasteiger charge is -2.21. The first kappa shape index (κ1) is 14.4. The summed E-state index contributed by atoms with van der Waals surface area (Å²) < 4.78 is 0. The minimum absolute atomic E-state index is 0.0644. The number of aryl methyl sites for hydroxylation is 2. The maximum Gasteiger partial charge on any atom is 0.326 e. The van der Waals surface area contributed by atoms with E-state index in [0.29, 0.717) is 18.7 Å². The second-order valence-electron chi connectivity index (χ2n) is 5.66. The molecule has 1 heterocycles. The Morgan fingerprint density at radius 3 is 2.86 bits per heavy atom. The van der Waals surface area contributed by atoms with Crippen LogP contribution >= 0.6 is 11.8 Å². The van der Waals surface area contributed by atoms with Gasteiger partial charge in [-0.25, -0.2) is 4.79 Å². The molecule has 3 rings (SSSR count). The molecule has 112 valence electrons. The number of nitrogens with zero attached hydrogens (tertiary/aromatic N) is 1. The van der Waals surface area contributed by atoms with E-state index in [1.54, 1.807) is 0 Å². The maximum atomic E-state index is 12.2. The van der Waals surface area contributed by atoms with Crippen molar-refractivity contribution in [1.82, 2.24) is 4.90 Å². The van der Waals surface area contributed by atoms with Gasteiger partial charge in [-0.05, 0) is 55.4 Å². The van der Waals surface area contributed by atoms with Crippen LogP contribution in [-0.2, 0) is 22.4 Å². The van der Waals surface area contributed by atoms with Gasteiger partial charge in [0.15, 0.2) is 0 Å². The molecule has 0 spiro atoms. The summed E-state index contributed by atoms with van der Waals surface area (Å²) >= 11 is 1.51. The molecule has 2 aliphatic rings. The summed E-state index contributed by atoms with van der Waals surface area (Å²) in [5, 5.41) is 9.12. The van der Waals surface area contributed by atoms with Crippen LogP contribution in [0.15, 0.2) is 23.1 Å². The third kappa shape index (κ3) is 3.07. The highest BCUT2D eigenvalue weighted by Crippen LogP contribution is 2.28. The van der Waals surface area contributed by atoms with Crippen molar-refractivity contribution in [3.05, 3.63) is 29.3 Å². The summed E-state index contributed by atoms with van der Waals surface area (Å²) in [5.41, 5.74) is 2.83. The Balaban J connectivity index is 1.60. The molecule has 0 bridgehead atoms. The summed E-state index contributed by atoms with van der Waals surface area (Å²) in [4.78, 5) is 26.0. The molecule has 1 N–H and O–H groups in total. The first-order valence-electron chi connectivity index (χ1n) is 7.42. The number of thioether (sulfide) groups is 1. The Morgan fingerprint density at radius 2 is 2.05 bits per heavy atom. The maximum absolute atomic E-state index is 12.2. The predicted octanol–water partition coefficient (Wildman–Crippen LogP) is 2.34. The molecule has 1 atom stereocenters. The molecule has 1 aliphatic heterocycles. The molecule has 0 radical (unpaired) electrons. The number of hydrogen-bond acceptors (Lipinski definition) is 3. The lowest BCUT2D eigenvalue weighted by Crippen LogP contribution is -2.41. The van der Waals surface area contributed by atoms with E-state index in [9.17, 15) is 9.59 Å². The van der Waals surface area contributed by atoms with Gasteiger partial charge in [0.05, 0.1) is 5.75 Å². The molecule has 4 nitrogen and oxygen atoms in total. The van der Waals surface area contributed by atoms with Gasteiger partial charge in [-0.1, -0.05) is 6.07 Å². The minimum Gasteiger partial charge on any atom is -0.480 e. The molecule has 1 amide bonds. The van der Waals surface area contributed by atoms with E-state index in [1.807, 2.05) is 0 Å². The number of aliphatic carboxylic acids is 1. The molecule has 1 fully saturated rings. The number of amides is 1. The molecule has 1 aliphatic carbocycles. The van der Waals surface area contributed by atoms with Crippen LogP contribution in [-0.4, -0.2) is 40.2 Å². The van der Waals surface area contributed by atoms with Gasteiger partial charge in [-0.3, -0.25) is 4.79 Å². The number of fused-ring (bicyclic) bond motifs is 1. The van der Waals surface area contributed by atoms with Gasteiger partial charge in [-0.2, -0.15) is 0 Å².